The Kier molecular flexibility index (Phi) is 5.70. The van der Waals surface area contributed by atoms with Crippen molar-refractivity contribution in [3.8, 4) is 5.88 Å². The molecule has 9 nitrogen and oxygen atoms in total. The van der Waals surface area contributed by atoms with Crippen LogP contribution in [-0.2, 0) is 14.6 Å². The molecule has 0 bridgehead atoms. The van der Waals surface area contributed by atoms with Crippen LogP contribution in [0.15, 0.2) is 29.4 Å². The number of benzene rings is 1. The van der Waals surface area contributed by atoms with Gasteiger partial charge in [-0.3, -0.25) is 0 Å². The number of hydrogen-bond donors (Lipinski definition) is 1. The normalized spacial score (nSPS) is 21.9. The van der Waals surface area contributed by atoms with Crippen molar-refractivity contribution in [3.05, 3.63) is 35.9 Å². The van der Waals surface area contributed by atoms with E-state index in [1.165, 1.54) is 18.5 Å². The number of rotatable bonds is 6. The molecule has 32 heavy (non-hydrogen) atoms. The smallest absolute Gasteiger partial charge is 0.410 e. The van der Waals surface area contributed by atoms with Gasteiger partial charge < -0.3 is 19.7 Å². The van der Waals surface area contributed by atoms with E-state index in [4.69, 9.17) is 9.47 Å². The highest BCUT2D eigenvalue weighted by atomic mass is 32.2. The van der Waals surface area contributed by atoms with Crippen LogP contribution >= 0.6 is 0 Å². The fraction of sp³-hybridized carbons (Fsp3) is 0.476. The Morgan fingerprint density at radius 3 is 2.72 bits per heavy atom. The molecular formula is C21H25FN4O5S. The van der Waals surface area contributed by atoms with E-state index in [0.717, 1.165) is 18.7 Å². The maximum Gasteiger partial charge on any atom is 0.410 e. The minimum atomic E-state index is -3.51. The average Bonchev–Trinajstić information content (AvgIpc) is 3.41. The zero-order chi connectivity index (χ0) is 23.2. The summed E-state index contributed by atoms with van der Waals surface area (Å²) >= 11 is 0. The molecule has 2 heterocycles. The molecule has 2 aromatic rings. The number of piperidine rings is 1. The lowest BCUT2D eigenvalue weighted by Gasteiger charge is -2.22. The van der Waals surface area contributed by atoms with Gasteiger partial charge in [-0.25, -0.2) is 27.6 Å². The zero-order valence-electron chi connectivity index (χ0n) is 18.2. The van der Waals surface area contributed by atoms with E-state index in [0.29, 0.717) is 23.8 Å². The van der Waals surface area contributed by atoms with E-state index in [9.17, 15) is 17.6 Å². The van der Waals surface area contributed by atoms with Crippen LogP contribution in [0.3, 0.4) is 0 Å². The van der Waals surface area contributed by atoms with Crippen molar-refractivity contribution < 1.29 is 27.1 Å². The van der Waals surface area contributed by atoms with Gasteiger partial charge in [0.05, 0.1) is 28.8 Å². The first-order chi connectivity index (χ1) is 15.0. The molecule has 172 valence electrons. The standard InChI is InChI=1S/C21H25FN4O5S/c1-11(2)30-21(27)26-9-18(14-8-17(14)26)31-20-12(3)19(23-10-24-20)25-16-6-5-13(7-15(16)22)32(4,28)29/h5-7,10-11,14,17-18H,8-9H2,1-4H3,(H,23,24,25). The SMILES string of the molecule is Cc1c(Nc2ccc(S(C)(=O)=O)cc2F)ncnc1OC1CN(C(=O)OC(C)C)C2CC12. The molecule has 0 radical (unpaired) electrons. The van der Waals surface area contributed by atoms with Gasteiger partial charge in [-0.1, -0.05) is 0 Å². The molecule has 3 atom stereocenters. The lowest BCUT2D eigenvalue weighted by atomic mass is 10.2. The average molecular weight is 465 g/mol. The number of nitrogens with one attached hydrogen (secondary N) is 1. The van der Waals surface area contributed by atoms with E-state index in [-0.39, 0.29) is 40.8 Å². The third-order valence-electron chi connectivity index (χ3n) is 5.55. The first-order valence-electron chi connectivity index (χ1n) is 10.3. The molecular weight excluding hydrogens is 439 g/mol. The third-order valence-corrected chi connectivity index (χ3v) is 6.66. The Morgan fingerprint density at radius 2 is 2.06 bits per heavy atom. The third kappa shape index (κ3) is 4.47. The van der Waals surface area contributed by atoms with E-state index < -0.39 is 15.7 Å². The van der Waals surface area contributed by atoms with Gasteiger partial charge in [0.15, 0.2) is 9.84 Å². The summed E-state index contributed by atoms with van der Waals surface area (Å²) in [6.45, 7) is 5.77. The van der Waals surface area contributed by atoms with Crippen LogP contribution in [-0.4, -0.2) is 60.4 Å². The van der Waals surface area contributed by atoms with Crippen molar-refractivity contribution >= 4 is 27.4 Å². The van der Waals surface area contributed by atoms with Crippen LogP contribution in [0.2, 0.25) is 0 Å². The summed E-state index contributed by atoms with van der Waals surface area (Å²) in [6.07, 6.45) is 2.43. The quantitative estimate of drug-likeness (QED) is 0.694. The van der Waals surface area contributed by atoms with Crippen molar-refractivity contribution in [2.45, 2.75) is 50.3 Å². The Labute approximate surface area is 185 Å². The number of nitrogens with zero attached hydrogens (tertiary/aromatic N) is 3. The van der Waals surface area contributed by atoms with E-state index >= 15 is 0 Å². The number of fused-ring (bicyclic) bond motifs is 1. The van der Waals surface area contributed by atoms with Crippen molar-refractivity contribution in [1.29, 1.82) is 0 Å². The fourth-order valence-corrected chi connectivity index (χ4v) is 4.44. The maximum atomic E-state index is 14.4. The molecule has 2 aliphatic rings. The molecule has 1 aromatic heterocycles. The zero-order valence-corrected chi connectivity index (χ0v) is 19.0. The molecule has 1 N–H and O–H groups in total. The molecule has 1 saturated carbocycles. The van der Waals surface area contributed by atoms with Crippen LogP contribution in [0, 0.1) is 18.7 Å². The maximum absolute atomic E-state index is 14.4. The van der Waals surface area contributed by atoms with Gasteiger partial charge in [0.2, 0.25) is 5.88 Å². The second-order valence-corrected chi connectivity index (χ2v) is 10.4. The van der Waals surface area contributed by atoms with E-state index in [1.54, 1.807) is 11.8 Å². The Balaban J connectivity index is 1.48. The molecule has 1 aliphatic heterocycles. The molecule has 1 saturated heterocycles. The van der Waals surface area contributed by atoms with Gasteiger partial charge in [-0.15, -0.1) is 0 Å². The Morgan fingerprint density at radius 1 is 1.31 bits per heavy atom. The highest BCUT2D eigenvalue weighted by Gasteiger charge is 2.57. The molecule has 2 fully saturated rings. The number of aromatic nitrogens is 2. The van der Waals surface area contributed by atoms with Crippen molar-refractivity contribution in [2.75, 3.05) is 18.1 Å². The number of sulfone groups is 1. The largest absolute Gasteiger partial charge is 0.472 e. The molecule has 4 rings (SSSR count). The molecule has 11 heteroatoms. The summed E-state index contributed by atoms with van der Waals surface area (Å²) in [6, 6.07) is 3.75. The van der Waals surface area contributed by atoms with Gasteiger partial charge in [0.25, 0.3) is 0 Å². The molecule has 1 aromatic carbocycles. The van der Waals surface area contributed by atoms with E-state index in [2.05, 4.69) is 15.3 Å². The Hall–Kier alpha value is -2.95. The number of halogens is 1. The van der Waals surface area contributed by atoms with Crippen LogP contribution in [0.25, 0.3) is 0 Å². The summed E-state index contributed by atoms with van der Waals surface area (Å²) < 4.78 is 49.1. The lowest BCUT2D eigenvalue weighted by Crippen LogP contribution is -2.36. The fourth-order valence-electron chi connectivity index (χ4n) is 3.80. The summed E-state index contributed by atoms with van der Waals surface area (Å²) in [5.74, 6) is 0.179. The predicted molar refractivity (Wildman–Crippen MR) is 114 cm³/mol. The van der Waals surface area contributed by atoms with Crippen LogP contribution in [0.1, 0.15) is 25.8 Å². The second kappa shape index (κ2) is 8.19. The number of likely N-dealkylation sites (tertiary alicyclic amines) is 1. The van der Waals surface area contributed by atoms with Crippen molar-refractivity contribution in [1.82, 2.24) is 14.9 Å². The highest BCUT2D eigenvalue weighted by molar-refractivity contribution is 7.90. The molecule has 1 aliphatic carbocycles. The lowest BCUT2D eigenvalue weighted by molar-refractivity contribution is 0.0717. The number of ether oxygens (including phenoxy) is 2. The second-order valence-electron chi connectivity index (χ2n) is 8.40. The van der Waals surface area contributed by atoms with Crippen LogP contribution in [0.4, 0.5) is 20.7 Å². The number of carbonyl (C=O) groups excluding carboxylic acids is 1. The highest BCUT2D eigenvalue weighted by Crippen LogP contribution is 2.46. The first kappa shape index (κ1) is 22.3. The van der Waals surface area contributed by atoms with Crippen molar-refractivity contribution in [3.63, 3.8) is 0 Å². The van der Waals surface area contributed by atoms with Gasteiger partial charge in [0, 0.05) is 18.2 Å². The number of carbonyl (C=O) groups is 1. The minimum Gasteiger partial charge on any atom is -0.472 e. The summed E-state index contributed by atoms with van der Waals surface area (Å²) in [5, 5.41) is 2.87. The monoisotopic (exact) mass is 464 g/mol. The number of hydrogen-bond acceptors (Lipinski definition) is 8. The van der Waals surface area contributed by atoms with Gasteiger partial charge >= 0.3 is 6.09 Å². The van der Waals surface area contributed by atoms with Crippen molar-refractivity contribution in [2.24, 2.45) is 5.92 Å². The minimum absolute atomic E-state index is 0.0795. The summed E-state index contributed by atoms with van der Waals surface area (Å²) in [5.41, 5.74) is 0.648. The van der Waals surface area contributed by atoms with Crippen LogP contribution in [0.5, 0.6) is 5.88 Å². The van der Waals surface area contributed by atoms with E-state index in [1.807, 2.05) is 13.8 Å². The number of anilines is 2. The molecule has 0 spiro atoms. The van der Waals surface area contributed by atoms with Gasteiger partial charge in [0.1, 0.15) is 24.1 Å². The molecule has 3 unspecified atom stereocenters. The van der Waals surface area contributed by atoms with Crippen LogP contribution < -0.4 is 10.1 Å². The Bertz CT molecular complexity index is 1160. The van der Waals surface area contributed by atoms with Gasteiger partial charge in [-0.05, 0) is 45.4 Å². The first-order valence-corrected chi connectivity index (χ1v) is 12.2. The predicted octanol–water partition coefficient (Wildman–Crippen LogP) is 3.07. The topological polar surface area (TPSA) is 111 Å². The summed E-state index contributed by atoms with van der Waals surface area (Å²) in [7, 11) is -3.51. The summed E-state index contributed by atoms with van der Waals surface area (Å²) in [4.78, 5) is 22.2. The van der Waals surface area contributed by atoms with Gasteiger partial charge in [-0.2, -0.15) is 0 Å². The molecule has 1 amide bonds. The number of amides is 1.